The molecule has 0 aliphatic rings. The Morgan fingerprint density at radius 1 is 1.12 bits per heavy atom. The van der Waals surface area contributed by atoms with E-state index in [2.05, 4.69) is 34.6 Å². The lowest BCUT2D eigenvalue weighted by Crippen LogP contribution is -1.99. The van der Waals surface area contributed by atoms with Crippen LogP contribution in [0.1, 0.15) is 24.1 Å². The van der Waals surface area contributed by atoms with Crippen LogP contribution in [0.15, 0.2) is 36.5 Å². The molecule has 1 aromatic heterocycles. The Morgan fingerprint density at radius 2 is 1.94 bits per heavy atom. The van der Waals surface area contributed by atoms with Crippen LogP contribution in [0, 0.1) is 0 Å². The van der Waals surface area contributed by atoms with Gasteiger partial charge in [0.1, 0.15) is 5.69 Å². The second-order valence-corrected chi connectivity index (χ2v) is 4.07. The minimum absolute atomic E-state index is 0.0377. The molecule has 0 atom stereocenters. The molecule has 17 heavy (non-hydrogen) atoms. The maximum Gasteiger partial charge on any atom is 0.108 e. The predicted octanol–water partition coefficient (Wildman–Crippen LogP) is 1.79. The molecule has 0 saturated heterocycles. The summed E-state index contributed by atoms with van der Waals surface area (Å²) in [7, 11) is 0. The van der Waals surface area contributed by atoms with E-state index in [0.29, 0.717) is 5.69 Å². The van der Waals surface area contributed by atoms with E-state index < -0.39 is 0 Å². The Kier molecular flexibility index (Phi) is 4.27. The molecule has 0 fully saturated rings. The molecule has 2 rings (SSSR count). The summed E-state index contributed by atoms with van der Waals surface area (Å²) in [6.45, 7) is 0.823. The van der Waals surface area contributed by atoms with Gasteiger partial charge in [0.2, 0.25) is 0 Å². The van der Waals surface area contributed by atoms with Crippen LogP contribution >= 0.6 is 0 Å². The third-order valence-corrected chi connectivity index (χ3v) is 2.69. The second-order valence-electron chi connectivity index (χ2n) is 4.07. The Bertz CT molecular complexity index is 439. The van der Waals surface area contributed by atoms with Crippen LogP contribution in [0.5, 0.6) is 0 Å². The molecule has 1 heterocycles. The van der Waals surface area contributed by atoms with Gasteiger partial charge in [-0.05, 0) is 24.8 Å². The van der Waals surface area contributed by atoms with Gasteiger partial charge in [0.05, 0.1) is 12.8 Å². The van der Waals surface area contributed by atoms with Crippen molar-refractivity contribution in [3.8, 4) is 0 Å². The predicted molar refractivity (Wildman–Crippen MR) is 65.3 cm³/mol. The van der Waals surface area contributed by atoms with Crippen molar-refractivity contribution in [3.63, 3.8) is 0 Å². The van der Waals surface area contributed by atoms with Gasteiger partial charge in [0.25, 0.3) is 0 Å². The van der Waals surface area contributed by atoms with E-state index in [4.69, 9.17) is 5.11 Å². The van der Waals surface area contributed by atoms with E-state index in [-0.39, 0.29) is 6.61 Å². The van der Waals surface area contributed by atoms with Crippen LogP contribution in [0.3, 0.4) is 0 Å². The molecule has 1 N–H and O–H groups in total. The van der Waals surface area contributed by atoms with Gasteiger partial charge in [-0.25, -0.2) is 0 Å². The number of aromatic nitrogens is 3. The third-order valence-electron chi connectivity index (χ3n) is 2.69. The van der Waals surface area contributed by atoms with E-state index in [1.165, 1.54) is 5.56 Å². The first-order valence-electron chi connectivity index (χ1n) is 5.92. The standard InChI is InChI=1S/C13H17N3O/c17-11-13-10-16(15-14-13)9-5-4-8-12-6-2-1-3-7-12/h1-3,6-7,10,17H,4-5,8-9,11H2. The average Bonchev–Trinajstić information content (AvgIpc) is 2.84. The molecular formula is C13H17N3O. The summed E-state index contributed by atoms with van der Waals surface area (Å²) in [5.74, 6) is 0. The number of rotatable bonds is 6. The minimum atomic E-state index is -0.0377. The van der Waals surface area contributed by atoms with Crippen molar-refractivity contribution in [3.05, 3.63) is 47.8 Å². The first kappa shape index (κ1) is 11.8. The van der Waals surface area contributed by atoms with E-state index >= 15 is 0 Å². The van der Waals surface area contributed by atoms with E-state index in [1.807, 2.05) is 6.07 Å². The first-order valence-corrected chi connectivity index (χ1v) is 5.92. The highest BCUT2D eigenvalue weighted by Crippen LogP contribution is 2.05. The highest BCUT2D eigenvalue weighted by Gasteiger charge is 1.98. The highest BCUT2D eigenvalue weighted by atomic mass is 16.3. The second kappa shape index (κ2) is 6.15. The fraction of sp³-hybridized carbons (Fsp3) is 0.385. The van der Waals surface area contributed by atoms with Crippen molar-refractivity contribution >= 4 is 0 Å². The molecule has 4 nitrogen and oxygen atoms in total. The molecule has 90 valence electrons. The van der Waals surface area contributed by atoms with Crippen molar-refractivity contribution in [2.45, 2.75) is 32.4 Å². The molecule has 0 unspecified atom stereocenters. The number of benzene rings is 1. The summed E-state index contributed by atoms with van der Waals surface area (Å²) in [4.78, 5) is 0. The monoisotopic (exact) mass is 231 g/mol. The number of hydrogen-bond donors (Lipinski definition) is 1. The van der Waals surface area contributed by atoms with Crippen LogP contribution in [0.25, 0.3) is 0 Å². The lowest BCUT2D eigenvalue weighted by Gasteiger charge is -2.01. The molecule has 4 heteroatoms. The first-order chi connectivity index (χ1) is 8.38. The van der Waals surface area contributed by atoms with Gasteiger partial charge in [0.15, 0.2) is 0 Å². The number of aliphatic hydroxyl groups is 1. The quantitative estimate of drug-likeness (QED) is 0.771. The molecule has 2 aromatic rings. The Morgan fingerprint density at radius 3 is 2.65 bits per heavy atom. The van der Waals surface area contributed by atoms with Gasteiger partial charge in [-0.2, -0.15) is 0 Å². The van der Waals surface area contributed by atoms with Crippen molar-refractivity contribution in [2.75, 3.05) is 0 Å². The van der Waals surface area contributed by atoms with Crippen LogP contribution in [0.4, 0.5) is 0 Å². The fourth-order valence-corrected chi connectivity index (χ4v) is 1.77. The number of unbranched alkanes of at least 4 members (excludes halogenated alkanes) is 1. The Hall–Kier alpha value is -1.68. The van der Waals surface area contributed by atoms with Crippen LogP contribution < -0.4 is 0 Å². The number of aliphatic hydroxyl groups excluding tert-OH is 1. The van der Waals surface area contributed by atoms with Gasteiger partial charge in [0, 0.05) is 6.54 Å². The number of nitrogens with zero attached hydrogens (tertiary/aromatic N) is 3. The average molecular weight is 231 g/mol. The zero-order chi connectivity index (χ0) is 11.9. The molecule has 0 saturated carbocycles. The fourth-order valence-electron chi connectivity index (χ4n) is 1.77. The van der Waals surface area contributed by atoms with Gasteiger partial charge >= 0.3 is 0 Å². The molecule has 0 aliphatic carbocycles. The van der Waals surface area contributed by atoms with Crippen molar-refractivity contribution < 1.29 is 5.11 Å². The van der Waals surface area contributed by atoms with Crippen molar-refractivity contribution in [1.82, 2.24) is 15.0 Å². The summed E-state index contributed by atoms with van der Waals surface area (Å²) >= 11 is 0. The van der Waals surface area contributed by atoms with Crippen LogP contribution in [-0.2, 0) is 19.6 Å². The normalized spacial score (nSPS) is 10.6. The molecular weight excluding hydrogens is 214 g/mol. The molecule has 0 spiro atoms. The summed E-state index contributed by atoms with van der Waals surface area (Å²) in [6.07, 6.45) is 5.10. The van der Waals surface area contributed by atoms with E-state index in [9.17, 15) is 0 Å². The summed E-state index contributed by atoms with van der Waals surface area (Å²) < 4.78 is 1.79. The third kappa shape index (κ3) is 3.67. The molecule has 0 radical (unpaired) electrons. The molecule has 0 amide bonds. The van der Waals surface area contributed by atoms with Gasteiger partial charge in [-0.1, -0.05) is 35.5 Å². The largest absolute Gasteiger partial charge is 0.390 e. The maximum atomic E-state index is 8.86. The van der Waals surface area contributed by atoms with Crippen LogP contribution in [0.2, 0.25) is 0 Å². The summed E-state index contributed by atoms with van der Waals surface area (Å²) in [6, 6.07) is 10.5. The summed E-state index contributed by atoms with van der Waals surface area (Å²) in [5.41, 5.74) is 2.01. The summed E-state index contributed by atoms with van der Waals surface area (Å²) in [5, 5.41) is 16.6. The van der Waals surface area contributed by atoms with Crippen molar-refractivity contribution in [1.29, 1.82) is 0 Å². The number of aryl methyl sites for hydroxylation is 2. The van der Waals surface area contributed by atoms with E-state index in [1.54, 1.807) is 10.9 Å². The van der Waals surface area contributed by atoms with Crippen molar-refractivity contribution in [2.24, 2.45) is 0 Å². The lowest BCUT2D eigenvalue weighted by molar-refractivity contribution is 0.276. The topological polar surface area (TPSA) is 50.9 Å². The van der Waals surface area contributed by atoms with E-state index in [0.717, 1.165) is 25.8 Å². The zero-order valence-electron chi connectivity index (χ0n) is 9.79. The molecule has 0 bridgehead atoms. The smallest absolute Gasteiger partial charge is 0.108 e. The molecule has 1 aromatic carbocycles. The Labute approximate surface area is 101 Å². The molecule has 0 aliphatic heterocycles. The number of hydrogen-bond acceptors (Lipinski definition) is 3. The Balaban J connectivity index is 1.69. The lowest BCUT2D eigenvalue weighted by atomic mass is 10.1. The van der Waals surface area contributed by atoms with Gasteiger partial charge in [-0.15, -0.1) is 5.10 Å². The van der Waals surface area contributed by atoms with Gasteiger partial charge < -0.3 is 5.11 Å². The minimum Gasteiger partial charge on any atom is -0.390 e. The zero-order valence-corrected chi connectivity index (χ0v) is 9.79. The van der Waals surface area contributed by atoms with Crippen LogP contribution in [-0.4, -0.2) is 20.1 Å². The SMILES string of the molecule is OCc1cn(CCCCc2ccccc2)nn1. The van der Waals surface area contributed by atoms with Gasteiger partial charge in [-0.3, -0.25) is 4.68 Å². The highest BCUT2D eigenvalue weighted by molar-refractivity contribution is 5.14. The maximum absolute atomic E-state index is 8.86.